The Hall–Kier alpha value is -0.120. The summed E-state index contributed by atoms with van der Waals surface area (Å²) in [5.74, 6) is 5.46. The molecule has 7 fully saturated rings. The molecule has 2 aliphatic heterocycles. The lowest BCUT2D eigenvalue weighted by Crippen LogP contribution is -2.55. The fourth-order valence-corrected chi connectivity index (χ4v) is 11.4. The van der Waals surface area contributed by atoms with Crippen LogP contribution in [0.2, 0.25) is 0 Å². The summed E-state index contributed by atoms with van der Waals surface area (Å²) in [5.41, 5.74) is 7.70. The van der Waals surface area contributed by atoms with Crippen molar-refractivity contribution in [3.05, 3.63) is 0 Å². The summed E-state index contributed by atoms with van der Waals surface area (Å²) in [6.07, 6.45) is 12.8. The summed E-state index contributed by atoms with van der Waals surface area (Å²) in [6.45, 7) is 11.2. The molecule has 168 valence electrons. The zero-order valence-corrected chi connectivity index (χ0v) is 19.7. The van der Waals surface area contributed by atoms with Crippen LogP contribution in [0.4, 0.5) is 0 Å². The zero-order chi connectivity index (χ0) is 20.7. The highest BCUT2D eigenvalue weighted by Gasteiger charge is 2.89. The zero-order valence-electron chi connectivity index (χ0n) is 19.7. The van der Waals surface area contributed by atoms with Gasteiger partial charge in [-0.15, -0.1) is 0 Å². The third kappa shape index (κ3) is 1.98. The summed E-state index contributed by atoms with van der Waals surface area (Å²) in [5, 5.41) is 0. The van der Waals surface area contributed by atoms with Crippen molar-refractivity contribution in [3.8, 4) is 0 Å². The van der Waals surface area contributed by atoms with Crippen molar-refractivity contribution in [3.63, 3.8) is 0 Å². The van der Waals surface area contributed by atoms with Gasteiger partial charge in [0.15, 0.2) is 5.79 Å². The quantitative estimate of drug-likeness (QED) is 0.580. The Bertz CT molecular complexity index is 770. The predicted octanol–water partition coefficient (Wildman–Crippen LogP) is 5.37. The maximum Gasteiger partial charge on any atom is 0.178 e. The predicted molar refractivity (Wildman–Crippen MR) is 118 cm³/mol. The second kappa shape index (κ2) is 5.68. The Kier molecular flexibility index (Phi) is 3.66. The van der Waals surface area contributed by atoms with Crippen molar-refractivity contribution >= 4 is 0 Å². The molecule has 0 radical (unpaired) electrons. The van der Waals surface area contributed by atoms with Crippen molar-refractivity contribution < 1.29 is 9.47 Å². The van der Waals surface area contributed by atoms with E-state index >= 15 is 0 Å². The molecular formula is C27H43NO2. The van der Waals surface area contributed by atoms with Crippen LogP contribution < -0.4 is 5.73 Å². The fourth-order valence-electron chi connectivity index (χ4n) is 11.4. The van der Waals surface area contributed by atoms with Gasteiger partial charge in [0.1, 0.15) is 0 Å². The first-order valence-corrected chi connectivity index (χ1v) is 13.3. The highest BCUT2D eigenvalue weighted by atomic mass is 16.7. The van der Waals surface area contributed by atoms with E-state index in [0.717, 1.165) is 36.2 Å². The van der Waals surface area contributed by atoms with Crippen molar-refractivity contribution in [1.82, 2.24) is 0 Å². The van der Waals surface area contributed by atoms with Gasteiger partial charge in [0, 0.05) is 23.3 Å². The topological polar surface area (TPSA) is 44.5 Å². The molecule has 3 heteroatoms. The molecular weight excluding hydrogens is 370 g/mol. The second-order valence-electron chi connectivity index (χ2n) is 13.8. The van der Waals surface area contributed by atoms with Crippen LogP contribution >= 0.6 is 0 Å². The third-order valence-corrected chi connectivity index (χ3v) is 12.8. The van der Waals surface area contributed by atoms with E-state index in [1.165, 1.54) is 57.8 Å². The molecule has 3 nitrogen and oxygen atoms in total. The number of ether oxygens (including phenoxy) is 2. The van der Waals surface area contributed by atoms with Crippen LogP contribution in [-0.2, 0) is 9.47 Å². The SMILES string of the molecule is C[C@@H]1CO[C@]23O[C@H]4C[C@H]5[C@@H]6CC[C@@H]7C[C@@H](N)CC[C@]7(C)[C@H]6CC[C@]5(C)[C@H]4[C@]2(C)C3C1. The molecule has 30 heavy (non-hydrogen) atoms. The number of rotatable bonds is 0. The van der Waals surface area contributed by atoms with Crippen LogP contribution in [0.3, 0.4) is 0 Å². The molecule has 0 aromatic rings. The standard InChI is InChI=1S/C27H43NO2/c1-15-11-22-26(4)23-21(30-27(22,26)29-14-15)13-20-18-6-5-16-12-17(28)7-9-24(16,2)19(18)8-10-25(20,23)3/h15-23H,5-14,28H2,1-4H3/t15-,16+,17-,18+,19-,20-,21-,22?,23-,24-,25-,26-,27+/m0/s1. The number of hydrogen-bond acceptors (Lipinski definition) is 3. The van der Waals surface area contributed by atoms with Crippen molar-refractivity contribution in [2.24, 2.45) is 63.4 Å². The minimum atomic E-state index is -0.206. The highest BCUT2D eigenvalue weighted by Crippen LogP contribution is 2.84. The Morgan fingerprint density at radius 1 is 0.867 bits per heavy atom. The Morgan fingerprint density at radius 3 is 2.50 bits per heavy atom. The normalized spacial score (nSPS) is 68.1. The van der Waals surface area contributed by atoms with Crippen molar-refractivity contribution in [2.45, 2.75) is 103 Å². The van der Waals surface area contributed by atoms with Gasteiger partial charge < -0.3 is 15.2 Å². The van der Waals surface area contributed by atoms with E-state index in [0.29, 0.717) is 34.8 Å². The van der Waals surface area contributed by atoms with E-state index in [9.17, 15) is 0 Å². The van der Waals surface area contributed by atoms with E-state index in [2.05, 4.69) is 27.7 Å². The first kappa shape index (κ1) is 19.4. The Labute approximate surface area is 183 Å². The van der Waals surface area contributed by atoms with Crippen LogP contribution in [0.25, 0.3) is 0 Å². The smallest absolute Gasteiger partial charge is 0.178 e. The monoisotopic (exact) mass is 413 g/mol. The maximum absolute atomic E-state index is 6.95. The summed E-state index contributed by atoms with van der Waals surface area (Å²) in [7, 11) is 0. The summed E-state index contributed by atoms with van der Waals surface area (Å²) >= 11 is 0. The molecule has 1 spiro atoms. The lowest BCUT2D eigenvalue weighted by atomic mass is 9.44. The molecule has 0 amide bonds. The molecule has 2 heterocycles. The number of nitrogens with two attached hydrogens (primary N) is 1. The fraction of sp³-hybridized carbons (Fsp3) is 1.00. The van der Waals surface area contributed by atoms with Crippen LogP contribution in [0.5, 0.6) is 0 Å². The first-order valence-electron chi connectivity index (χ1n) is 13.3. The van der Waals surface area contributed by atoms with Gasteiger partial charge in [-0.1, -0.05) is 27.7 Å². The lowest BCUT2D eigenvalue weighted by Gasteiger charge is -2.61. The highest BCUT2D eigenvalue weighted by molar-refractivity contribution is 5.31. The van der Waals surface area contributed by atoms with Gasteiger partial charge in [0.25, 0.3) is 0 Å². The average molecular weight is 414 g/mol. The van der Waals surface area contributed by atoms with Gasteiger partial charge in [-0.05, 0) is 98.2 Å². The van der Waals surface area contributed by atoms with Crippen molar-refractivity contribution in [1.29, 1.82) is 0 Å². The van der Waals surface area contributed by atoms with Gasteiger partial charge in [-0.2, -0.15) is 0 Å². The molecule has 0 aromatic heterocycles. The third-order valence-electron chi connectivity index (χ3n) is 12.8. The second-order valence-corrected chi connectivity index (χ2v) is 13.8. The van der Waals surface area contributed by atoms with Gasteiger partial charge >= 0.3 is 0 Å². The largest absolute Gasteiger partial charge is 0.349 e. The molecule has 0 bridgehead atoms. The van der Waals surface area contributed by atoms with Crippen molar-refractivity contribution in [2.75, 3.05) is 6.61 Å². The molecule has 5 saturated carbocycles. The van der Waals surface area contributed by atoms with Crippen LogP contribution in [0.1, 0.15) is 85.5 Å². The maximum atomic E-state index is 6.95. The molecule has 7 aliphatic rings. The van der Waals surface area contributed by atoms with E-state index in [4.69, 9.17) is 15.2 Å². The molecule has 2 N–H and O–H groups in total. The molecule has 5 aliphatic carbocycles. The molecule has 7 rings (SSSR count). The van der Waals surface area contributed by atoms with Gasteiger partial charge in [0.2, 0.25) is 0 Å². The lowest BCUT2D eigenvalue weighted by molar-refractivity contribution is -0.211. The van der Waals surface area contributed by atoms with Gasteiger partial charge in [0.05, 0.1) is 12.7 Å². The Balaban J connectivity index is 1.20. The van der Waals surface area contributed by atoms with E-state index in [-0.39, 0.29) is 11.2 Å². The number of fused-ring (bicyclic) bond motifs is 9. The van der Waals surface area contributed by atoms with Gasteiger partial charge in [-0.25, -0.2) is 0 Å². The molecule has 0 aromatic carbocycles. The summed E-state index contributed by atoms with van der Waals surface area (Å²) < 4.78 is 13.5. The molecule has 2 saturated heterocycles. The Morgan fingerprint density at radius 2 is 1.67 bits per heavy atom. The molecule has 1 unspecified atom stereocenters. The van der Waals surface area contributed by atoms with Gasteiger partial charge in [-0.3, -0.25) is 0 Å². The minimum absolute atomic E-state index is 0.206. The van der Waals surface area contributed by atoms with Crippen LogP contribution in [-0.4, -0.2) is 24.5 Å². The molecule has 13 atom stereocenters. The summed E-state index contributed by atoms with van der Waals surface area (Å²) in [6, 6.07) is 0.462. The first-order chi connectivity index (χ1) is 14.2. The van der Waals surface area contributed by atoms with Crippen LogP contribution in [0, 0.1) is 57.7 Å². The summed E-state index contributed by atoms with van der Waals surface area (Å²) in [4.78, 5) is 0. The average Bonchev–Trinajstić information content (AvgIpc) is 2.94. The van der Waals surface area contributed by atoms with E-state index in [1.807, 2.05) is 0 Å². The van der Waals surface area contributed by atoms with E-state index < -0.39 is 0 Å². The minimum Gasteiger partial charge on any atom is -0.349 e. The number of hydrogen-bond donors (Lipinski definition) is 1. The van der Waals surface area contributed by atoms with Crippen LogP contribution in [0.15, 0.2) is 0 Å². The van der Waals surface area contributed by atoms with E-state index in [1.54, 1.807) is 0 Å².